The zero-order valence-electron chi connectivity index (χ0n) is 4.85. The normalized spacial score (nSPS) is 25.9. The highest BCUT2D eigenvalue weighted by molar-refractivity contribution is 5.73. The fourth-order valence-electron chi connectivity index (χ4n) is 0.560. The lowest BCUT2D eigenvalue weighted by Crippen LogP contribution is -2.27. The minimum absolute atomic E-state index is 0.387. The molecule has 6 heteroatoms. The largest absolute Gasteiger partial charge is 0.463 e. The summed E-state index contributed by atoms with van der Waals surface area (Å²) in [4.78, 5) is 3.01. The van der Waals surface area contributed by atoms with Crippen LogP contribution in [0.4, 0.5) is 13.2 Å². The molecule has 1 atom stereocenters. The van der Waals surface area contributed by atoms with Crippen molar-refractivity contribution in [2.24, 2.45) is 10.7 Å². The van der Waals surface area contributed by atoms with E-state index < -0.39 is 18.8 Å². The molecule has 0 amide bonds. The fraction of sp³-hybridized carbons (Fsp3) is 0.750. The van der Waals surface area contributed by atoms with Crippen LogP contribution in [0.5, 0.6) is 0 Å². The molecule has 1 rings (SSSR count). The molecule has 3 nitrogen and oxygen atoms in total. The minimum Gasteiger partial charge on any atom is -0.463 e. The van der Waals surface area contributed by atoms with Crippen LogP contribution < -0.4 is 5.73 Å². The van der Waals surface area contributed by atoms with E-state index in [2.05, 4.69) is 9.73 Å². The quantitative estimate of drug-likeness (QED) is 0.544. The van der Waals surface area contributed by atoms with Crippen LogP contribution in [-0.2, 0) is 4.74 Å². The highest BCUT2D eigenvalue weighted by Gasteiger charge is 2.43. The highest BCUT2D eigenvalue weighted by atomic mass is 19.4. The van der Waals surface area contributed by atoms with Gasteiger partial charge in [-0.05, 0) is 0 Å². The SMILES string of the molecule is NC1=N[C@@H](C(F)(F)F)CO1. The van der Waals surface area contributed by atoms with Gasteiger partial charge in [0.1, 0.15) is 6.61 Å². The zero-order valence-corrected chi connectivity index (χ0v) is 4.85. The molecule has 0 saturated carbocycles. The van der Waals surface area contributed by atoms with E-state index in [1.165, 1.54) is 0 Å². The Bertz CT molecular complexity index is 164. The molecular weight excluding hydrogens is 149 g/mol. The topological polar surface area (TPSA) is 47.6 Å². The molecule has 10 heavy (non-hydrogen) atoms. The van der Waals surface area contributed by atoms with Crippen molar-refractivity contribution in [3.05, 3.63) is 0 Å². The Hall–Kier alpha value is -0.940. The molecule has 1 heterocycles. The predicted octanol–water partition coefficient (Wildman–Crippen LogP) is 0.262. The molecule has 0 aromatic rings. The van der Waals surface area contributed by atoms with Crippen LogP contribution in [0.25, 0.3) is 0 Å². The van der Waals surface area contributed by atoms with Crippen LogP contribution in [0, 0.1) is 0 Å². The van der Waals surface area contributed by atoms with Crippen LogP contribution in [0.1, 0.15) is 0 Å². The van der Waals surface area contributed by atoms with Gasteiger partial charge in [-0.2, -0.15) is 13.2 Å². The molecular formula is C4H5F3N2O. The van der Waals surface area contributed by atoms with Crippen LogP contribution in [0.2, 0.25) is 0 Å². The molecule has 0 saturated heterocycles. The van der Waals surface area contributed by atoms with Crippen molar-refractivity contribution < 1.29 is 17.9 Å². The number of hydrogen-bond acceptors (Lipinski definition) is 3. The summed E-state index contributed by atoms with van der Waals surface area (Å²) in [6.07, 6.45) is -4.33. The van der Waals surface area contributed by atoms with Crippen molar-refractivity contribution in [1.29, 1.82) is 0 Å². The van der Waals surface area contributed by atoms with Gasteiger partial charge in [-0.1, -0.05) is 0 Å². The first-order valence-corrected chi connectivity index (χ1v) is 2.53. The van der Waals surface area contributed by atoms with Gasteiger partial charge in [-0.3, -0.25) is 0 Å². The lowest BCUT2D eigenvalue weighted by molar-refractivity contribution is -0.149. The highest BCUT2D eigenvalue weighted by Crippen LogP contribution is 2.25. The molecule has 0 fully saturated rings. The first kappa shape index (κ1) is 7.17. The molecule has 2 N–H and O–H groups in total. The molecule has 58 valence electrons. The predicted molar refractivity (Wildman–Crippen MR) is 27.4 cm³/mol. The van der Waals surface area contributed by atoms with Crippen molar-refractivity contribution in [1.82, 2.24) is 0 Å². The summed E-state index contributed by atoms with van der Waals surface area (Å²) >= 11 is 0. The number of hydrogen-bond donors (Lipinski definition) is 1. The van der Waals surface area contributed by atoms with Gasteiger partial charge in [-0.25, -0.2) is 4.99 Å². The Kier molecular flexibility index (Phi) is 1.46. The maximum atomic E-state index is 11.7. The molecule has 0 bridgehead atoms. The van der Waals surface area contributed by atoms with E-state index in [9.17, 15) is 13.2 Å². The van der Waals surface area contributed by atoms with Crippen LogP contribution >= 0.6 is 0 Å². The molecule has 0 aliphatic carbocycles. The molecule has 0 aromatic carbocycles. The molecule has 0 radical (unpaired) electrons. The third-order valence-corrected chi connectivity index (χ3v) is 1.05. The second-order valence-corrected chi connectivity index (χ2v) is 1.84. The van der Waals surface area contributed by atoms with E-state index in [1.807, 2.05) is 0 Å². The summed E-state index contributed by atoms with van der Waals surface area (Å²) in [7, 11) is 0. The van der Waals surface area contributed by atoms with Crippen molar-refractivity contribution in [2.75, 3.05) is 6.61 Å². The van der Waals surface area contributed by atoms with Gasteiger partial charge in [0.05, 0.1) is 0 Å². The zero-order chi connectivity index (χ0) is 7.78. The summed E-state index contributed by atoms with van der Waals surface area (Å²) in [5, 5.41) is 0. The van der Waals surface area contributed by atoms with E-state index in [0.29, 0.717) is 0 Å². The number of amidine groups is 1. The number of halogens is 3. The maximum Gasteiger partial charge on any atom is 0.414 e. The second kappa shape index (κ2) is 2.03. The van der Waals surface area contributed by atoms with Crippen molar-refractivity contribution in [3.63, 3.8) is 0 Å². The summed E-state index contributed by atoms with van der Waals surface area (Å²) in [5.74, 6) is 0. The standard InChI is InChI=1S/C4H5F3N2O/c5-4(6,7)2-1-10-3(8)9-2/h2H,1H2,(H2,8,9)/t2-/m1/s1. The fourth-order valence-corrected chi connectivity index (χ4v) is 0.560. The van der Waals surface area contributed by atoms with E-state index in [0.717, 1.165) is 0 Å². The lowest BCUT2D eigenvalue weighted by Gasteiger charge is -2.08. The van der Waals surface area contributed by atoms with Gasteiger partial charge in [0, 0.05) is 0 Å². The van der Waals surface area contributed by atoms with Gasteiger partial charge >= 0.3 is 6.18 Å². The first-order chi connectivity index (χ1) is 4.50. The second-order valence-electron chi connectivity index (χ2n) is 1.84. The number of aliphatic imine (C=N–C) groups is 1. The number of alkyl halides is 3. The van der Waals surface area contributed by atoms with Crippen molar-refractivity contribution in [2.45, 2.75) is 12.2 Å². The number of rotatable bonds is 0. The Morgan fingerprint density at radius 2 is 2.20 bits per heavy atom. The van der Waals surface area contributed by atoms with Gasteiger partial charge in [0.2, 0.25) is 0 Å². The number of nitrogens with two attached hydrogens (primary N) is 1. The molecule has 0 unspecified atom stereocenters. The van der Waals surface area contributed by atoms with E-state index in [1.54, 1.807) is 0 Å². The lowest BCUT2D eigenvalue weighted by atomic mass is 10.3. The Morgan fingerprint density at radius 3 is 2.40 bits per heavy atom. The van der Waals surface area contributed by atoms with E-state index in [4.69, 9.17) is 5.73 Å². The Labute approximate surface area is 54.7 Å². The summed E-state index contributed by atoms with van der Waals surface area (Å²) < 4.78 is 39.4. The van der Waals surface area contributed by atoms with E-state index in [-0.39, 0.29) is 6.02 Å². The summed E-state index contributed by atoms with van der Waals surface area (Å²) in [6, 6.07) is -2.16. The van der Waals surface area contributed by atoms with Gasteiger partial charge in [0.25, 0.3) is 6.02 Å². The first-order valence-electron chi connectivity index (χ1n) is 2.53. The molecule has 0 aromatic heterocycles. The van der Waals surface area contributed by atoms with Crippen LogP contribution in [0.15, 0.2) is 4.99 Å². The Morgan fingerprint density at radius 1 is 1.60 bits per heavy atom. The monoisotopic (exact) mass is 154 g/mol. The van der Waals surface area contributed by atoms with Crippen molar-refractivity contribution in [3.8, 4) is 0 Å². The average molecular weight is 154 g/mol. The molecule has 1 aliphatic heterocycles. The summed E-state index contributed by atoms with van der Waals surface area (Å²) in [6.45, 7) is -0.491. The number of nitrogens with zero attached hydrogens (tertiary/aromatic N) is 1. The third kappa shape index (κ3) is 1.31. The van der Waals surface area contributed by atoms with Gasteiger partial charge in [0.15, 0.2) is 6.04 Å². The van der Waals surface area contributed by atoms with Crippen LogP contribution in [0.3, 0.4) is 0 Å². The average Bonchev–Trinajstić information content (AvgIpc) is 2.11. The smallest absolute Gasteiger partial charge is 0.414 e. The van der Waals surface area contributed by atoms with Gasteiger partial charge in [-0.15, -0.1) is 0 Å². The van der Waals surface area contributed by atoms with Crippen molar-refractivity contribution >= 4 is 6.02 Å². The number of ether oxygens (including phenoxy) is 1. The maximum absolute atomic E-state index is 11.7. The summed E-state index contributed by atoms with van der Waals surface area (Å²) in [5.41, 5.74) is 4.85. The molecule has 1 aliphatic rings. The minimum atomic E-state index is -4.33. The Balaban J connectivity index is 2.61. The van der Waals surface area contributed by atoms with Crippen LogP contribution in [-0.4, -0.2) is 24.8 Å². The molecule has 0 spiro atoms. The third-order valence-electron chi connectivity index (χ3n) is 1.05. The van der Waals surface area contributed by atoms with Gasteiger partial charge < -0.3 is 10.5 Å². The van der Waals surface area contributed by atoms with E-state index >= 15 is 0 Å².